The molecule has 0 atom stereocenters. The van der Waals surface area contributed by atoms with Crippen molar-refractivity contribution in [1.82, 2.24) is 15.0 Å². The average Bonchev–Trinajstić information content (AvgIpc) is 2.60. The number of carbonyl (C=O) groups excluding carboxylic acids is 1. The highest BCUT2D eigenvalue weighted by atomic mass is 35.5. The lowest BCUT2D eigenvalue weighted by Gasteiger charge is -2.20. The Kier molecular flexibility index (Phi) is 3.91. The lowest BCUT2D eigenvalue weighted by atomic mass is 10.1. The van der Waals surface area contributed by atoms with Crippen LogP contribution in [-0.2, 0) is 16.2 Å². The Morgan fingerprint density at radius 1 is 1.50 bits per heavy atom. The monoisotopic (exact) mass is 245 g/mol. The van der Waals surface area contributed by atoms with E-state index in [1.54, 1.807) is 11.6 Å². The second-order valence-corrected chi connectivity index (χ2v) is 4.59. The number of carbonyl (C=O) groups is 1. The fourth-order valence-corrected chi connectivity index (χ4v) is 1.56. The lowest BCUT2D eigenvalue weighted by Crippen LogP contribution is -2.25. The second-order valence-electron chi connectivity index (χ2n) is 4.32. The summed E-state index contributed by atoms with van der Waals surface area (Å²) < 4.78 is 6.53. The van der Waals surface area contributed by atoms with Gasteiger partial charge in [-0.25, -0.2) is 9.48 Å². The summed E-state index contributed by atoms with van der Waals surface area (Å²) in [6.07, 6.45) is 0. The third-order valence-electron chi connectivity index (χ3n) is 1.99. The maximum atomic E-state index is 11.6. The van der Waals surface area contributed by atoms with Crippen LogP contribution in [0.5, 0.6) is 0 Å². The SMILES string of the molecule is CCOC(=O)c1nnn(C(C)(C)C)c1CCl. The summed E-state index contributed by atoms with van der Waals surface area (Å²) in [5, 5.41) is 7.77. The van der Waals surface area contributed by atoms with Crippen molar-refractivity contribution in [2.24, 2.45) is 0 Å². The van der Waals surface area contributed by atoms with E-state index in [0.717, 1.165) is 0 Å². The predicted molar refractivity (Wildman–Crippen MR) is 60.5 cm³/mol. The number of nitrogens with zero attached hydrogens (tertiary/aromatic N) is 3. The van der Waals surface area contributed by atoms with Gasteiger partial charge in [0.05, 0.1) is 23.7 Å². The summed E-state index contributed by atoms with van der Waals surface area (Å²) in [5.74, 6) is -0.299. The number of hydrogen-bond donors (Lipinski definition) is 0. The quantitative estimate of drug-likeness (QED) is 0.603. The Hall–Kier alpha value is -1.10. The fraction of sp³-hybridized carbons (Fsp3) is 0.700. The van der Waals surface area contributed by atoms with Crippen LogP contribution in [0.25, 0.3) is 0 Å². The molecule has 0 unspecified atom stereocenters. The Bertz CT molecular complexity index is 382. The molecule has 5 nitrogen and oxygen atoms in total. The fourth-order valence-electron chi connectivity index (χ4n) is 1.32. The zero-order chi connectivity index (χ0) is 12.3. The van der Waals surface area contributed by atoms with Gasteiger partial charge in [0.15, 0.2) is 5.69 Å². The van der Waals surface area contributed by atoms with Gasteiger partial charge < -0.3 is 4.74 Å². The molecule has 0 aliphatic rings. The van der Waals surface area contributed by atoms with Gasteiger partial charge in [-0.1, -0.05) is 5.21 Å². The molecule has 0 aliphatic carbocycles. The molecule has 0 aromatic carbocycles. The summed E-state index contributed by atoms with van der Waals surface area (Å²) in [6, 6.07) is 0. The Labute approximate surface area is 99.7 Å². The highest BCUT2D eigenvalue weighted by molar-refractivity contribution is 6.17. The van der Waals surface area contributed by atoms with Crippen LogP contribution in [0.1, 0.15) is 43.9 Å². The summed E-state index contributed by atoms with van der Waals surface area (Å²) in [7, 11) is 0. The van der Waals surface area contributed by atoms with E-state index in [9.17, 15) is 4.79 Å². The van der Waals surface area contributed by atoms with Crippen molar-refractivity contribution < 1.29 is 9.53 Å². The molecule has 0 saturated carbocycles. The molecular weight excluding hydrogens is 230 g/mol. The van der Waals surface area contributed by atoms with Crippen LogP contribution < -0.4 is 0 Å². The van der Waals surface area contributed by atoms with Crippen molar-refractivity contribution in [1.29, 1.82) is 0 Å². The van der Waals surface area contributed by atoms with E-state index in [1.165, 1.54) is 0 Å². The van der Waals surface area contributed by atoms with Crippen LogP contribution in [-0.4, -0.2) is 27.6 Å². The number of halogens is 1. The van der Waals surface area contributed by atoms with Crippen LogP contribution in [0.2, 0.25) is 0 Å². The van der Waals surface area contributed by atoms with Crippen molar-refractivity contribution in [3.05, 3.63) is 11.4 Å². The highest BCUT2D eigenvalue weighted by Gasteiger charge is 2.25. The molecule has 0 fully saturated rings. The summed E-state index contributed by atoms with van der Waals surface area (Å²) in [6.45, 7) is 7.95. The van der Waals surface area contributed by atoms with Gasteiger partial charge in [-0.3, -0.25) is 0 Å². The van der Waals surface area contributed by atoms with E-state index in [2.05, 4.69) is 10.3 Å². The second kappa shape index (κ2) is 4.82. The maximum absolute atomic E-state index is 11.6. The standard InChI is InChI=1S/C10H16ClN3O2/c1-5-16-9(15)8-7(6-11)14(13-12-8)10(2,3)4/h5-6H2,1-4H3. The van der Waals surface area contributed by atoms with Gasteiger partial charge in [0.1, 0.15) is 0 Å². The van der Waals surface area contributed by atoms with Gasteiger partial charge in [0, 0.05) is 0 Å². The van der Waals surface area contributed by atoms with Crippen LogP contribution in [0.15, 0.2) is 0 Å². The van der Waals surface area contributed by atoms with E-state index in [0.29, 0.717) is 12.3 Å². The van der Waals surface area contributed by atoms with Gasteiger partial charge in [0.25, 0.3) is 0 Å². The van der Waals surface area contributed by atoms with Crippen LogP contribution in [0, 0.1) is 0 Å². The van der Waals surface area contributed by atoms with E-state index < -0.39 is 5.97 Å². The summed E-state index contributed by atoms with van der Waals surface area (Å²) in [5.41, 5.74) is 0.529. The molecule has 0 radical (unpaired) electrons. The molecule has 16 heavy (non-hydrogen) atoms. The minimum atomic E-state index is -0.478. The van der Waals surface area contributed by atoms with Gasteiger partial charge in [-0.05, 0) is 27.7 Å². The molecule has 0 spiro atoms. The Morgan fingerprint density at radius 3 is 2.56 bits per heavy atom. The number of ether oxygens (including phenoxy) is 1. The molecule has 0 saturated heterocycles. The number of rotatable bonds is 3. The van der Waals surface area contributed by atoms with Gasteiger partial charge in [0.2, 0.25) is 0 Å². The first-order valence-corrected chi connectivity index (χ1v) is 5.63. The lowest BCUT2D eigenvalue weighted by molar-refractivity contribution is 0.0518. The molecule has 6 heteroatoms. The third-order valence-corrected chi connectivity index (χ3v) is 2.25. The predicted octanol–water partition coefficient (Wildman–Crippen LogP) is 1.95. The minimum Gasteiger partial charge on any atom is -0.461 e. The minimum absolute atomic E-state index is 0.179. The van der Waals surface area contributed by atoms with Crippen molar-refractivity contribution in [2.45, 2.75) is 39.1 Å². The zero-order valence-corrected chi connectivity index (χ0v) is 10.7. The Morgan fingerprint density at radius 2 is 2.12 bits per heavy atom. The third kappa shape index (κ3) is 2.52. The summed E-state index contributed by atoms with van der Waals surface area (Å²) >= 11 is 5.82. The molecule has 1 aromatic heterocycles. The van der Waals surface area contributed by atoms with E-state index >= 15 is 0 Å². The number of hydrogen-bond acceptors (Lipinski definition) is 4. The van der Waals surface area contributed by atoms with Crippen LogP contribution >= 0.6 is 11.6 Å². The molecule has 1 rings (SSSR count). The van der Waals surface area contributed by atoms with Crippen molar-refractivity contribution in [2.75, 3.05) is 6.61 Å². The van der Waals surface area contributed by atoms with Gasteiger partial charge in [-0.15, -0.1) is 16.7 Å². The van der Waals surface area contributed by atoms with Crippen molar-refractivity contribution in [3.8, 4) is 0 Å². The van der Waals surface area contributed by atoms with E-state index in [1.807, 2.05) is 20.8 Å². The van der Waals surface area contributed by atoms with Crippen molar-refractivity contribution in [3.63, 3.8) is 0 Å². The smallest absolute Gasteiger partial charge is 0.360 e. The van der Waals surface area contributed by atoms with Gasteiger partial charge >= 0.3 is 5.97 Å². The molecule has 0 aliphatic heterocycles. The number of aromatic nitrogens is 3. The molecule has 1 aromatic rings. The Balaban J connectivity index is 3.14. The first kappa shape index (κ1) is 13.0. The topological polar surface area (TPSA) is 57.0 Å². The largest absolute Gasteiger partial charge is 0.461 e. The van der Waals surface area contributed by atoms with Crippen molar-refractivity contribution >= 4 is 17.6 Å². The van der Waals surface area contributed by atoms with Gasteiger partial charge in [-0.2, -0.15) is 0 Å². The highest BCUT2D eigenvalue weighted by Crippen LogP contribution is 2.19. The molecule has 90 valence electrons. The van der Waals surface area contributed by atoms with E-state index in [4.69, 9.17) is 16.3 Å². The summed E-state index contributed by atoms with van der Waals surface area (Å²) in [4.78, 5) is 11.6. The number of esters is 1. The zero-order valence-electron chi connectivity index (χ0n) is 9.95. The molecule has 0 N–H and O–H groups in total. The molecule has 0 amide bonds. The average molecular weight is 246 g/mol. The van der Waals surface area contributed by atoms with Crippen LogP contribution in [0.3, 0.4) is 0 Å². The molecular formula is C10H16ClN3O2. The van der Waals surface area contributed by atoms with Crippen LogP contribution in [0.4, 0.5) is 0 Å². The number of alkyl halides is 1. The first-order valence-electron chi connectivity index (χ1n) is 5.10. The normalized spacial score (nSPS) is 11.6. The first-order chi connectivity index (χ1) is 7.41. The molecule has 1 heterocycles. The van der Waals surface area contributed by atoms with E-state index in [-0.39, 0.29) is 17.1 Å². The molecule has 0 bridgehead atoms. The maximum Gasteiger partial charge on any atom is 0.360 e.